The molecule has 1 amide bonds. The van der Waals surface area contributed by atoms with Crippen LogP contribution in [0.1, 0.15) is 46.1 Å². The Balaban J connectivity index is 1.86. The molecular formula is C24H34FNO5. The Morgan fingerprint density at radius 1 is 1.29 bits per heavy atom. The zero-order valence-electron chi connectivity index (χ0n) is 18.9. The predicted molar refractivity (Wildman–Crippen MR) is 115 cm³/mol. The van der Waals surface area contributed by atoms with Crippen molar-refractivity contribution in [2.24, 2.45) is 5.92 Å². The second-order valence-electron chi connectivity index (χ2n) is 9.22. The van der Waals surface area contributed by atoms with Gasteiger partial charge in [-0.15, -0.1) is 6.58 Å². The average Bonchev–Trinajstić information content (AvgIpc) is 3.03. The molecular weight excluding hydrogens is 401 g/mol. The average molecular weight is 436 g/mol. The Morgan fingerprint density at radius 2 is 2.00 bits per heavy atom. The number of hydrogen-bond acceptors (Lipinski definition) is 5. The van der Waals surface area contributed by atoms with Crippen molar-refractivity contribution in [1.82, 2.24) is 5.32 Å². The van der Waals surface area contributed by atoms with E-state index in [2.05, 4.69) is 11.9 Å². The number of hydrogen-bond donors (Lipinski definition) is 1. The van der Waals surface area contributed by atoms with E-state index in [1.807, 2.05) is 27.7 Å². The zero-order valence-corrected chi connectivity index (χ0v) is 18.9. The highest BCUT2D eigenvalue weighted by Crippen LogP contribution is 2.44. The summed E-state index contributed by atoms with van der Waals surface area (Å²) in [4.78, 5) is 13.4. The van der Waals surface area contributed by atoms with Crippen molar-refractivity contribution in [3.63, 3.8) is 0 Å². The number of nitrogens with one attached hydrogen (secondary N) is 1. The third-order valence-corrected chi connectivity index (χ3v) is 5.59. The highest BCUT2D eigenvalue weighted by molar-refractivity contribution is 5.85. The molecule has 6 nitrogen and oxygen atoms in total. The van der Waals surface area contributed by atoms with Gasteiger partial charge in [-0.1, -0.05) is 32.1 Å². The smallest absolute Gasteiger partial charge is 0.252 e. The highest BCUT2D eigenvalue weighted by Gasteiger charge is 2.57. The molecule has 172 valence electrons. The summed E-state index contributed by atoms with van der Waals surface area (Å²) in [5.74, 6) is -0.980. The van der Waals surface area contributed by atoms with E-state index in [0.717, 1.165) is 5.56 Å². The molecule has 2 fully saturated rings. The van der Waals surface area contributed by atoms with E-state index < -0.39 is 17.5 Å². The summed E-state index contributed by atoms with van der Waals surface area (Å²) >= 11 is 0. The molecule has 1 aliphatic carbocycles. The monoisotopic (exact) mass is 435 g/mol. The molecule has 1 aliphatic heterocycles. The summed E-state index contributed by atoms with van der Waals surface area (Å²) in [6.07, 6.45) is 1.31. The number of fused-ring (bicyclic) bond motifs is 1. The van der Waals surface area contributed by atoms with Gasteiger partial charge in [-0.25, -0.2) is 4.39 Å². The topological polar surface area (TPSA) is 66.0 Å². The second kappa shape index (κ2) is 9.77. The lowest BCUT2D eigenvalue weighted by Crippen LogP contribution is -2.60. The van der Waals surface area contributed by atoms with Crippen molar-refractivity contribution in [3.8, 4) is 0 Å². The van der Waals surface area contributed by atoms with Crippen LogP contribution >= 0.6 is 0 Å². The van der Waals surface area contributed by atoms with Crippen LogP contribution in [0.2, 0.25) is 0 Å². The quantitative estimate of drug-likeness (QED) is 0.599. The number of carbonyl (C=O) groups excluding carboxylic acids is 1. The first-order chi connectivity index (χ1) is 14.6. The molecule has 1 aromatic rings. The Bertz CT molecular complexity index is 766. The van der Waals surface area contributed by atoms with E-state index in [0.29, 0.717) is 31.9 Å². The predicted octanol–water partition coefficient (Wildman–Crippen LogP) is 3.74. The summed E-state index contributed by atoms with van der Waals surface area (Å²) < 4.78 is 37.8. The van der Waals surface area contributed by atoms with Crippen molar-refractivity contribution in [2.75, 3.05) is 13.2 Å². The lowest BCUT2D eigenvalue weighted by Gasteiger charge is -2.43. The minimum Gasteiger partial charge on any atom is -0.371 e. The van der Waals surface area contributed by atoms with Gasteiger partial charge in [-0.05, 0) is 37.5 Å². The Kier molecular flexibility index (Phi) is 7.52. The highest BCUT2D eigenvalue weighted by atomic mass is 19.1. The number of rotatable bonds is 9. The van der Waals surface area contributed by atoms with Crippen LogP contribution in [-0.2, 0) is 30.3 Å². The molecule has 1 unspecified atom stereocenters. The minimum absolute atomic E-state index is 0.172. The summed E-state index contributed by atoms with van der Waals surface area (Å²) in [5.41, 5.74) is -0.368. The van der Waals surface area contributed by atoms with Crippen LogP contribution < -0.4 is 5.32 Å². The zero-order chi connectivity index (χ0) is 22.6. The number of carbonyl (C=O) groups is 1. The van der Waals surface area contributed by atoms with Crippen molar-refractivity contribution in [3.05, 3.63) is 48.3 Å². The molecule has 1 saturated carbocycles. The Morgan fingerprint density at radius 3 is 2.65 bits per heavy atom. The van der Waals surface area contributed by atoms with Crippen molar-refractivity contribution >= 4 is 5.91 Å². The van der Waals surface area contributed by atoms with Crippen LogP contribution in [0.4, 0.5) is 4.39 Å². The van der Waals surface area contributed by atoms with E-state index in [4.69, 9.17) is 18.9 Å². The Hall–Kier alpha value is -1.80. The number of ether oxygens (including phenoxy) is 4. The Labute approximate surface area is 184 Å². The van der Waals surface area contributed by atoms with Crippen LogP contribution in [0, 0.1) is 11.7 Å². The maximum atomic E-state index is 13.4. The van der Waals surface area contributed by atoms with E-state index in [9.17, 15) is 9.18 Å². The fourth-order valence-electron chi connectivity index (χ4n) is 4.16. The largest absolute Gasteiger partial charge is 0.371 e. The summed E-state index contributed by atoms with van der Waals surface area (Å²) in [6.45, 7) is 12.6. The third-order valence-electron chi connectivity index (χ3n) is 5.59. The number of amides is 1. The summed E-state index contributed by atoms with van der Waals surface area (Å²) in [7, 11) is 0. The first kappa shape index (κ1) is 23.9. The van der Waals surface area contributed by atoms with Crippen molar-refractivity contribution < 1.29 is 28.1 Å². The molecule has 1 aromatic carbocycles. The molecule has 0 radical (unpaired) electrons. The van der Waals surface area contributed by atoms with E-state index >= 15 is 0 Å². The van der Waals surface area contributed by atoms with E-state index in [-0.39, 0.29) is 30.5 Å². The molecule has 31 heavy (non-hydrogen) atoms. The van der Waals surface area contributed by atoms with Gasteiger partial charge in [0.2, 0.25) is 0 Å². The maximum Gasteiger partial charge on any atom is 0.252 e. The van der Waals surface area contributed by atoms with Gasteiger partial charge < -0.3 is 24.3 Å². The van der Waals surface area contributed by atoms with Crippen LogP contribution in [0.15, 0.2) is 36.9 Å². The van der Waals surface area contributed by atoms with Crippen LogP contribution in [0.25, 0.3) is 0 Å². The van der Waals surface area contributed by atoms with Crippen LogP contribution in [-0.4, -0.2) is 48.8 Å². The van der Waals surface area contributed by atoms with Gasteiger partial charge in [0.05, 0.1) is 25.4 Å². The van der Waals surface area contributed by atoms with Gasteiger partial charge in [-0.3, -0.25) is 4.79 Å². The fraction of sp³-hybridized carbons (Fsp3) is 0.625. The first-order valence-electron chi connectivity index (χ1n) is 10.9. The molecule has 1 saturated heterocycles. The van der Waals surface area contributed by atoms with Gasteiger partial charge in [-0.2, -0.15) is 0 Å². The maximum absolute atomic E-state index is 13.4. The normalized spacial score (nSPS) is 29.5. The van der Waals surface area contributed by atoms with Gasteiger partial charge in [0.1, 0.15) is 11.9 Å². The molecule has 7 heteroatoms. The molecule has 2 aliphatic rings. The second-order valence-corrected chi connectivity index (χ2v) is 9.22. The molecule has 1 N–H and O–H groups in total. The molecule has 1 heterocycles. The molecule has 4 atom stereocenters. The molecule has 3 rings (SSSR count). The van der Waals surface area contributed by atoms with Crippen molar-refractivity contribution in [1.29, 1.82) is 0 Å². The van der Waals surface area contributed by atoms with E-state index in [1.54, 1.807) is 18.2 Å². The van der Waals surface area contributed by atoms with Gasteiger partial charge in [0.25, 0.3) is 5.91 Å². The fourth-order valence-corrected chi connectivity index (χ4v) is 4.16. The van der Waals surface area contributed by atoms with Crippen LogP contribution in [0.5, 0.6) is 0 Å². The number of benzene rings is 1. The minimum atomic E-state index is -1.15. The summed E-state index contributed by atoms with van der Waals surface area (Å²) in [6, 6.07) is 6.08. The van der Waals surface area contributed by atoms with Gasteiger partial charge in [0.15, 0.2) is 11.4 Å². The van der Waals surface area contributed by atoms with E-state index in [1.165, 1.54) is 12.1 Å². The molecule has 0 spiro atoms. The lowest BCUT2D eigenvalue weighted by atomic mass is 9.78. The van der Waals surface area contributed by atoms with Gasteiger partial charge >= 0.3 is 0 Å². The van der Waals surface area contributed by atoms with Crippen molar-refractivity contribution in [2.45, 2.75) is 76.8 Å². The summed E-state index contributed by atoms with van der Waals surface area (Å²) in [5, 5.41) is 3.02. The lowest BCUT2D eigenvalue weighted by molar-refractivity contribution is -0.180. The molecule has 0 aromatic heterocycles. The third kappa shape index (κ3) is 5.92. The molecule has 0 bridgehead atoms. The first-order valence-corrected chi connectivity index (χ1v) is 10.9. The van der Waals surface area contributed by atoms with Gasteiger partial charge in [0, 0.05) is 19.4 Å². The SMILES string of the molecule is C=CCOC1C[C@](OCc2ccc(F)cc2)(C(=O)NCC(C)C)C[C@H]2OC(C)(C)O[C@@H]12. The van der Waals surface area contributed by atoms with Crippen LogP contribution in [0.3, 0.4) is 0 Å². The standard InChI is InChI=1S/C24H34FNO5/c1-6-11-28-19-12-24(22(27)26-14-16(2)3,13-20-21(19)31-23(4,5)30-20)29-15-17-7-9-18(25)10-8-17/h6-10,16,19-21H,1,11-15H2,2-5H3,(H,26,27)/t19?,20-,21+,24-/m1/s1. The number of halogens is 1.